The highest BCUT2D eigenvalue weighted by Crippen LogP contribution is 2.18. The minimum atomic E-state index is -0.126. The van der Waals surface area contributed by atoms with Crippen molar-refractivity contribution < 1.29 is 5.11 Å². The summed E-state index contributed by atoms with van der Waals surface area (Å²) in [5, 5.41) is 9.33. The van der Waals surface area contributed by atoms with Gasteiger partial charge in [-0.1, -0.05) is 33.6 Å². The van der Waals surface area contributed by atoms with E-state index in [1.165, 1.54) is 12.8 Å². The molecule has 0 heterocycles. The van der Waals surface area contributed by atoms with Gasteiger partial charge in [-0.3, -0.25) is 0 Å². The molecule has 0 aromatic rings. The van der Waals surface area contributed by atoms with Crippen LogP contribution in [0.25, 0.3) is 0 Å². The van der Waals surface area contributed by atoms with Gasteiger partial charge < -0.3 is 5.11 Å². The highest BCUT2D eigenvalue weighted by atomic mass is 16.3. The molecule has 0 bridgehead atoms. The molecule has 0 aliphatic rings. The zero-order valence-electron chi connectivity index (χ0n) is 8.30. The first-order chi connectivity index (χ1) is 5.07. The van der Waals surface area contributed by atoms with Crippen molar-refractivity contribution in [2.24, 2.45) is 11.8 Å². The Kier molecular flexibility index (Phi) is 5.57. The number of aliphatic hydroxyl groups excluding tert-OH is 1. The Bertz CT molecular complexity index is 86.9. The molecule has 2 unspecified atom stereocenters. The van der Waals surface area contributed by atoms with Crippen molar-refractivity contribution in [3.8, 4) is 0 Å². The summed E-state index contributed by atoms with van der Waals surface area (Å²) in [5.74, 6) is 1.28. The molecule has 11 heavy (non-hydrogen) atoms. The van der Waals surface area contributed by atoms with Crippen LogP contribution in [-0.2, 0) is 0 Å². The SMILES string of the molecule is CCC(CCC(C)C)C(C)O. The first-order valence-corrected chi connectivity index (χ1v) is 4.76. The normalized spacial score (nSPS) is 16.9. The summed E-state index contributed by atoms with van der Waals surface area (Å²) < 4.78 is 0. The summed E-state index contributed by atoms with van der Waals surface area (Å²) in [6, 6.07) is 0. The van der Waals surface area contributed by atoms with Crippen LogP contribution in [0.5, 0.6) is 0 Å². The molecule has 1 nitrogen and oxygen atoms in total. The van der Waals surface area contributed by atoms with E-state index in [1.54, 1.807) is 0 Å². The molecule has 0 aromatic heterocycles. The van der Waals surface area contributed by atoms with Crippen LogP contribution in [0, 0.1) is 11.8 Å². The molecule has 0 spiro atoms. The highest BCUT2D eigenvalue weighted by Gasteiger charge is 2.12. The van der Waals surface area contributed by atoms with Crippen LogP contribution < -0.4 is 0 Å². The van der Waals surface area contributed by atoms with Gasteiger partial charge in [0.25, 0.3) is 0 Å². The fourth-order valence-electron chi connectivity index (χ4n) is 1.33. The van der Waals surface area contributed by atoms with E-state index >= 15 is 0 Å². The lowest BCUT2D eigenvalue weighted by atomic mass is 9.92. The highest BCUT2D eigenvalue weighted by molar-refractivity contribution is 4.63. The topological polar surface area (TPSA) is 20.2 Å². The predicted octanol–water partition coefficient (Wildman–Crippen LogP) is 2.83. The average molecular weight is 158 g/mol. The van der Waals surface area contributed by atoms with Crippen molar-refractivity contribution in [2.75, 3.05) is 0 Å². The zero-order chi connectivity index (χ0) is 8.85. The second-order valence-electron chi connectivity index (χ2n) is 3.88. The van der Waals surface area contributed by atoms with Crippen LogP contribution in [0.15, 0.2) is 0 Å². The minimum Gasteiger partial charge on any atom is -0.393 e. The van der Waals surface area contributed by atoms with Crippen molar-refractivity contribution >= 4 is 0 Å². The van der Waals surface area contributed by atoms with Crippen LogP contribution in [0.4, 0.5) is 0 Å². The third-order valence-corrected chi connectivity index (χ3v) is 2.32. The Balaban J connectivity index is 3.52. The van der Waals surface area contributed by atoms with E-state index in [0.29, 0.717) is 5.92 Å². The van der Waals surface area contributed by atoms with Gasteiger partial charge in [-0.25, -0.2) is 0 Å². The maximum absolute atomic E-state index is 9.33. The molecule has 0 amide bonds. The van der Waals surface area contributed by atoms with Gasteiger partial charge in [-0.05, 0) is 25.2 Å². The Morgan fingerprint density at radius 2 is 1.64 bits per heavy atom. The van der Waals surface area contributed by atoms with Crippen LogP contribution in [0.2, 0.25) is 0 Å². The summed E-state index contributed by atoms with van der Waals surface area (Å²) in [7, 11) is 0. The Labute approximate surface area is 70.8 Å². The van der Waals surface area contributed by atoms with Crippen LogP contribution in [-0.4, -0.2) is 11.2 Å². The Morgan fingerprint density at radius 3 is 1.91 bits per heavy atom. The van der Waals surface area contributed by atoms with Crippen molar-refractivity contribution in [1.29, 1.82) is 0 Å². The van der Waals surface area contributed by atoms with E-state index in [1.807, 2.05) is 6.92 Å². The number of hydrogen-bond acceptors (Lipinski definition) is 1. The second kappa shape index (κ2) is 5.59. The van der Waals surface area contributed by atoms with Crippen molar-refractivity contribution in [1.82, 2.24) is 0 Å². The maximum Gasteiger partial charge on any atom is 0.0540 e. The lowest BCUT2D eigenvalue weighted by Crippen LogP contribution is -2.16. The Hall–Kier alpha value is -0.0400. The van der Waals surface area contributed by atoms with Crippen molar-refractivity contribution in [3.63, 3.8) is 0 Å². The largest absolute Gasteiger partial charge is 0.393 e. The summed E-state index contributed by atoms with van der Waals surface area (Å²) in [6.07, 6.45) is 3.39. The van der Waals surface area contributed by atoms with Gasteiger partial charge in [0.1, 0.15) is 0 Å². The smallest absolute Gasteiger partial charge is 0.0540 e. The lowest BCUT2D eigenvalue weighted by molar-refractivity contribution is 0.114. The lowest BCUT2D eigenvalue weighted by Gasteiger charge is -2.18. The molecule has 0 rings (SSSR count). The molecule has 0 aromatic carbocycles. The monoisotopic (exact) mass is 158 g/mol. The van der Waals surface area contributed by atoms with Gasteiger partial charge in [0.2, 0.25) is 0 Å². The number of rotatable bonds is 5. The third kappa shape index (κ3) is 5.25. The van der Waals surface area contributed by atoms with Gasteiger partial charge in [0.05, 0.1) is 6.10 Å². The molecule has 1 N–H and O–H groups in total. The zero-order valence-corrected chi connectivity index (χ0v) is 8.30. The van der Waals surface area contributed by atoms with E-state index < -0.39 is 0 Å². The molecule has 0 aliphatic carbocycles. The predicted molar refractivity (Wildman–Crippen MR) is 49.5 cm³/mol. The average Bonchev–Trinajstić information content (AvgIpc) is 1.87. The first kappa shape index (κ1) is 11.0. The summed E-state index contributed by atoms with van der Waals surface area (Å²) in [4.78, 5) is 0. The first-order valence-electron chi connectivity index (χ1n) is 4.76. The molecular weight excluding hydrogens is 136 g/mol. The van der Waals surface area contributed by atoms with Crippen molar-refractivity contribution in [3.05, 3.63) is 0 Å². The van der Waals surface area contributed by atoms with Gasteiger partial charge in [-0.2, -0.15) is 0 Å². The quantitative estimate of drug-likeness (QED) is 0.652. The minimum absolute atomic E-state index is 0.126. The van der Waals surface area contributed by atoms with E-state index in [0.717, 1.165) is 12.3 Å². The maximum atomic E-state index is 9.33. The molecule has 0 saturated carbocycles. The standard InChI is InChI=1S/C10H22O/c1-5-10(9(4)11)7-6-8(2)3/h8-11H,5-7H2,1-4H3. The van der Waals surface area contributed by atoms with E-state index in [2.05, 4.69) is 20.8 Å². The van der Waals surface area contributed by atoms with E-state index in [4.69, 9.17) is 0 Å². The number of aliphatic hydroxyl groups is 1. The molecule has 1 heteroatoms. The molecule has 68 valence electrons. The van der Waals surface area contributed by atoms with Gasteiger partial charge in [-0.15, -0.1) is 0 Å². The molecular formula is C10H22O. The van der Waals surface area contributed by atoms with Crippen LogP contribution >= 0.6 is 0 Å². The fourth-order valence-corrected chi connectivity index (χ4v) is 1.33. The van der Waals surface area contributed by atoms with E-state index in [-0.39, 0.29) is 6.10 Å². The summed E-state index contributed by atoms with van der Waals surface area (Å²) in [6.45, 7) is 8.51. The van der Waals surface area contributed by atoms with Gasteiger partial charge in [0.15, 0.2) is 0 Å². The molecule has 0 aliphatic heterocycles. The van der Waals surface area contributed by atoms with Crippen LogP contribution in [0.3, 0.4) is 0 Å². The molecule has 2 atom stereocenters. The second-order valence-corrected chi connectivity index (χ2v) is 3.88. The van der Waals surface area contributed by atoms with Crippen LogP contribution in [0.1, 0.15) is 47.0 Å². The van der Waals surface area contributed by atoms with Crippen molar-refractivity contribution in [2.45, 2.75) is 53.1 Å². The van der Waals surface area contributed by atoms with Gasteiger partial charge in [0, 0.05) is 0 Å². The fraction of sp³-hybridized carbons (Fsp3) is 1.00. The molecule has 0 fully saturated rings. The third-order valence-electron chi connectivity index (χ3n) is 2.32. The Morgan fingerprint density at radius 1 is 1.09 bits per heavy atom. The molecule has 0 radical (unpaired) electrons. The molecule has 0 saturated heterocycles. The van der Waals surface area contributed by atoms with Gasteiger partial charge >= 0.3 is 0 Å². The summed E-state index contributed by atoms with van der Waals surface area (Å²) in [5.41, 5.74) is 0. The van der Waals surface area contributed by atoms with E-state index in [9.17, 15) is 5.11 Å². The number of hydrogen-bond donors (Lipinski definition) is 1. The summed E-state index contributed by atoms with van der Waals surface area (Å²) >= 11 is 0.